The molecule has 5 rings (SSSR count). The van der Waals surface area contributed by atoms with E-state index in [1.807, 2.05) is 36.4 Å². The fourth-order valence-electron chi connectivity index (χ4n) is 5.05. The Morgan fingerprint density at radius 1 is 0.718 bits per heavy atom. The molecule has 0 amide bonds. The third-order valence-electron chi connectivity index (χ3n) is 6.93. The highest BCUT2D eigenvalue weighted by Crippen LogP contribution is 2.47. The number of fused-ring (bicyclic) bond motifs is 2. The average molecular weight is 532 g/mol. The summed E-state index contributed by atoms with van der Waals surface area (Å²) < 4.78 is 39.1. The molecule has 0 saturated carbocycles. The molecule has 4 aromatic rings. The van der Waals surface area contributed by atoms with Gasteiger partial charge in [-0.1, -0.05) is 6.07 Å². The topological polar surface area (TPSA) is 94.6 Å². The first kappa shape index (κ1) is 26.0. The molecule has 202 valence electrons. The van der Waals surface area contributed by atoms with E-state index in [0.29, 0.717) is 52.0 Å². The number of carbonyl (C=O) groups excluding carboxylic acids is 1. The van der Waals surface area contributed by atoms with Crippen LogP contribution in [0.3, 0.4) is 0 Å². The molecule has 1 atom stereocenters. The Balaban J connectivity index is 1.68. The van der Waals surface area contributed by atoms with Crippen LogP contribution >= 0.6 is 0 Å². The first-order valence-electron chi connectivity index (χ1n) is 12.2. The minimum atomic E-state index is -0.702. The van der Waals surface area contributed by atoms with E-state index in [1.165, 1.54) is 14.2 Å². The fraction of sp³-hybridized carbons (Fsp3) is 0.267. The zero-order valence-electron chi connectivity index (χ0n) is 22.6. The lowest BCUT2D eigenvalue weighted by molar-refractivity contribution is 0.0452. The van der Waals surface area contributed by atoms with Gasteiger partial charge in [0.15, 0.2) is 40.6 Å². The summed E-state index contributed by atoms with van der Waals surface area (Å²) in [5.74, 6) is 2.59. The SMILES string of the molecule is COc1cc(Cc2nccc3cc(OC)c(OC)cc23)c([C@H]2OC(=O)c3c2ccc(OC)c3OC)cc1OC. The van der Waals surface area contributed by atoms with Gasteiger partial charge in [-0.25, -0.2) is 4.79 Å². The van der Waals surface area contributed by atoms with E-state index in [9.17, 15) is 4.79 Å². The van der Waals surface area contributed by atoms with Crippen LogP contribution < -0.4 is 28.4 Å². The number of methoxy groups -OCH3 is 6. The lowest BCUT2D eigenvalue weighted by Gasteiger charge is -2.20. The number of aromatic nitrogens is 1. The number of esters is 1. The summed E-state index contributed by atoms with van der Waals surface area (Å²) in [5.41, 5.74) is 3.40. The first-order valence-corrected chi connectivity index (χ1v) is 12.2. The van der Waals surface area contributed by atoms with Gasteiger partial charge in [-0.3, -0.25) is 4.98 Å². The zero-order chi connectivity index (χ0) is 27.7. The van der Waals surface area contributed by atoms with E-state index < -0.39 is 12.1 Å². The zero-order valence-corrected chi connectivity index (χ0v) is 22.6. The summed E-state index contributed by atoms with van der Waals surface area (Å²) in [5, 5.41) is 1.86. The molecule has 9 heteroatoms. The molecule has 9 nitrogen and oxygen atoms in total. The number of benzene rings is 3. The Hall–Kier alpha value is -4.66. The summed E-state index contributed by atoms with van der Waals surface area (Å²) in [6.45, 7) is 0. The number of rotatable bonds is 9. The van der Waals surface area contributed by atoms with Gasteiger partial charge >= 0.3 is 5.97 Å². The van der Waals surface area contributed by atoms with Crippen LogP contribution in [0.4, 0.5) is 0 Å². The van der Waals surface area contributed by atoms with E-state index in [2.05, 4.69) is 0 Å². The average Bonchev–Trinajstić information content (AvgIpc) is 3.31. The van der Waals surface area contributed by atoms with Crippen molar-refractivity contribution < 1.29 is 38.0 Å². The van der Waals surface area contributed by atoms with Gasteiger partial charge in [-0.15, -0.1) is 0 Å². The molecule has 0 radical (unpaired) electrons. The van der Waals surface area contributed by atoms with Crippen LogP contribution in [0.1, 0.15) is 38.8 Å². The third-order valence-corrected chi connectivity index (χ3v) is 6.93. The highest BCUT2D eigenvalue weighted by atomic mass is 16.6. The van der Waals surface area contributed by atoms with Crippen LogP contribution in [0.25, 0.3) is 10.8 Å². The number of carbonyl (C=O) groups is 1. The second kappa shape index (κ2) is 10.6. The molecule has 0 unspecified atom stereocenters. The number of ether oxygens (including phenoxy) is 7. The molecule has 1 aliphatic heterocycles. The summed E-state index contributed by atoms with van der Waals surface area (Å²) in [4.78, 5) is 17.8. The van der Waals surface area contributed by atoms with Gasteiger partial charge in [0.05, 0.1) is 48.4 Å². The number of hydrogen-bond donors (Lipinski definition) is 0. The molecular formula is C30H29NO8. The van der Waals surface area contributed by atoms with Crippen molar-refractivity contribution in [2.24, 2.45) is 0 Å². The molecule has 0 spiro atoms. The molecule has 2 heterocycles. The standard InChI is InChI=1S/C30H29NO8/c1-33-22-8-7-18-27(29(22)38-6)30(32)39-28(18)20-15-26(37-5)24(35-3)13-17(20)11-21-19-14-25(36-4)23(34-2)12-16(19)9-10-31-21/h7-10,12-15,28H,11H2,1-6H3/t28-/m0/s1. The van der Waals surface area contributed by atoms with Crippen LogP contribution in [0.2, 0.25) is 0 Å². The molecule has 0 fully saturated rings. The second-order valence-electron chi connectivity index (χ2n) is 8.82. The minimum absolute atomic E-state index is 0.335. The maximum Gasteiger partial charge on any atom is 0.343 e. The molecule has 0 aliphatic carbocycles. The van der Waals surface area contributed by atoms with Crippen molar-refractivity contribution in [1.82, 2.24) is 4.98 Å². The number of cyclic esters (lactones) is 1. The van der Waals surface area contributed by atoms with Crippen molar-refractivity contribution in [3.8, 4) is 34.5 Å². The maximum absolute atomic E-state index is 13.1. The molecule has 39 heavy (non-hydrogen) atoms. The normalized spacial score (nSPS) is 14.0. The third kappa shape index (κ3) is 4.39. The van der Waals surface area contributed by atoms with Gasteiger partial charge in [-0.05, 0) is 47.3 Å². The van der Waals surface area contributed by atoms with Gasteiger partial charge in [0, 0.05) is 29.1 Å². The van der Waals surface area contributed by atoms with Gasteiger partial charge < -0.3 is 33.2 Å². The summed E-state index contributed by atoms with van der Waals surface area (Å²) in [7, 11) is 9.37. The van der Waals surface area contributed by atoms with Crippen molar-refractivity contribution in [2.75, 3.05) is 42.7 Å². The predicted octanol–water partition coefficient (Wildman–Crippen LogP) is 5.14. The molecule has 1 aromatic heterocycles. The monoisotopic (exact) mass is 531 g/mol. The van der Waals surface area contributed by atoms with E-state index >= 15 is 0 Å². The second-order valence-corrected chi connectivity index (χ2v) is 8.82. The quantitative estimate of drug-likeness (QED) is 0.272. The van der Waals surface area contributed by atoms with E-state index in [-0.39, 0.29) is 0 Å². The van der Waals surface area contributed by atoms with E-state index in [0.717, 1.165) is 27.6 Å². The molecule has 0 N–H and O–H groups in total. The summed E-state index contributed by atoms with van der Waals surface area (Å²) in [6, 6.07) is 13.1. The molecule has 1 aliphatic rings. The van der Waals surface area contributed by atoms with Crippen molar-refractivity contribution in [1.29, 1.82) is 0 Å². The van der Waals surface area contributed by atoms with Gasteiger partial charge in [0.2, 0.25) is 0 Å². The Kier molecular flexibility index (Phi) is 7.06. The summed E-state index contributed by atoms with van der Waals surface area (Å²) >= 11 is 0. The highest BCUT2D eigenvalue weighted by molar-refractivity contribution is 5.98. The summed E-state index contributed by atoms with van der Waals surface area (Å²) in [6.07, 6.45) is 1.47. The lowest BCUT2D eigenvalue weighted by atomic mass is 9.91. The number of pyridine rings is 1. The van der Waals surface area contributed by atoms with Crippen molar-refractivity contribution in [2.45, 2.75) is 12.5 Å². The van der Waals surface area contributed by atoms with Crippen LogP contribution in [-0.2, 0) is 11.2 Å². The van der Waals surface area contributed by atoms with Crippen LogP contribution in [0.15, 0.2) is 48.7 Å². The smallest absolute Gasteiger partial charge is 0.343 e. The Bertz CT molecular complexity index is 1570. The number of hydrogen-bond acceptors (Lipinski definition) is 9. The van der Waals surface area contributed by atoms with Crippen LogP contribution in [0.5, 0.6) is 34.5 Å². The molecular weight excluding hydrogens is 502 g/mol. The van der Waals surface area contributed by atoms with Gasteiger partial charge in [0.1, 0.15) is 5.56 Å². The van der Waals surface area contributed by atoms with Crippen molar-refractivity contribution >= 4 is 16.7 Å². The van der Waals surface area contributed by atoms with E-state index in [1.54, 1.807) is 40.7 Å². The Morgan fingerprint density at radius 3 is 2.03 bits per heavy atom. The predicted molar refractivity (Wildman–Crippen MR) is 144 cm³/mol. The Morgan fingerprint density at radius 2 is 1.36 bits per heavy atom. The van der Waals surface area contributed by atoms with Crippen molar-refractivity contribution in [3.05, 3.63) is 76.6 Å². The first-order chi connectivity index (χ1) is 19.0. The Labute approximate surface area is 226 Å². The highest BCUT2D eigenvalue weighted by Gasteiger charge is 2.38. The molecule has 3 aromatic carbocycles. The number of nitrogens with zero attached hydrogens (tertiary/aromatic N) is 1. The van der Waals surface area contributed by atoms with Crippen LogP contribution in [0, 0.1) is 0 Å². The van der Waals surface area contributed by atoms with Gasteiger partial charge in [-0.2, -0.15) is 0 Å². The van der Waals surface area contributed by atoms with Gasteiger partial charge in [0.25, 0.3) is 0 Å². The molecule has 0 saturated heterocycles. The maximum atomic E-state index is 13.1. The lowest BCUT2D eigenvalue weighted by Crippen LogP contribution is -2.08. The minimum Gasteiger partial charge on any atom is -0.493 e. The van der Waals surface area contributed by atoms with Crippen molar-refractivity contribution in [3.63, 3.8) is 0 Å². The largest absolute Gasteiger partial charge is 0.493 e. The van der Waals surface area contributed by atoms with Crippen LogP contribution in [-0.4, -0.2) is 53.6 Å². The molecule has 0 bridgehead atoms. The van der Waals surface area contributed by atoms with E-state index in [4.69, 9.17) is 38.1 Å². The fourth-order valence-corrected chi connectivity index (χ4v) is 5.05.